The molecule has 1 fully saturated rings. The molecule has 9 heteroatoms. The number of halogens is 1. The van der Waals surface area contributed by atoms with Crippen molar-refractivity contribution < 1.29 is 24.2 Å². The van der Waals surface area contributed by atoms with E-state index in [1.54, 1.807) is 23.1 Å². The van der Waals surface area contributed by atoms with Crippen LogP contribution >= 0.6 is 27.7 Å². The number of carboxylic acid groups (broad SMARTS) is 1. The van der Waals surface area contributed by atoms with E-state index in [2.05, 4.69) is 20.9 Å². The van der Waals surface area contributed by atoms with Gasteiger partial charge in [-0.1, -0.05) is 36.4 Å². The van der Waals surface area contributed by atoms with Crippen molar-refractivity contribution in [1.82, 2.24) is 4.90 Å². The molecule has 0 spiro atoms. The molecule has 0 aromatic heterocycles. The number of aliphatic imine (C=N–C) groups is 1. The monoisotopic (exact) mass is 580 g/mol. The second-order valence-corrected chi connectivity index (χ2v) is 9.81. The summed E-state index contributed by atoms with van der Waals surface area (Å²) in [5.74, 6) is -0.0352. The topological polar surface area (TPSA) is 88.4 Å². The average Bonchev–Trinajstić information content (AvgIpc) is 3.17. The van der Waals surface area contributed by atoms with Crippen molar-refractivity contribution in [3.8, 4) is 11.5 Å². The molecular formula is C28H25BrN2O5S. The van der Waals surface area contributed by atoms with Crippen molar-refractivity contribution in [1.29, 1.82) is 0 Å². The molecule has 0 bridgehead atoms. The fourth-order valence-electron chi connectivity index (χ4n) is 3.64. The van der Waals surface area contributed by atoms with Gasteiger partial charge in [0.25, 0.3) is 5.91 Å². The molecule has 0 aliphatic carbocycles. The van der Waals surface area contributed by atoms with Gasteiger partial charge in [0, 0.05) is 6.54 Å². The molecule has 1 amide bonds. The average molecular weight is 581 g/mol. The lowest BCUT2D eigenvalue weighted by Gasteiger charge is -2.15. The second-order valence-electron chi connectivity index (χ2n) is 7.95. The van der Waals surface area contributed by atoms with Crippen molar-refractivity contribution in [2.75, 3.05) is 13.2 Å². The minimum absolute atomic E-state index is 0.137. The molecule has 3 aromatic carbocycles. The van der Waals surface area contributed by atoms with Crippen LogP contribution < -0.4 is 9.47 Å². The predicted octanol–water partition coefficient (Wildman–Crippen LogP) is 6.75. The maximum atomic E-state index is 13.1. The van der Waals surface area contributed by atoms with Gasteiger partial charge in [-0.3, -0.25) is 9.69 Å². The number of amidine groups is 1. The Kier molecular flexibility index (Phi) is 8.68. The van der Waals surface area contributed by atoms with Crippen LogP contribution in [0.5, 0.6) is 11.5 Å². The number of carboxylic acids is 1. The van der Waals surface area contributed by atoms with E-state index in [0.717, 1.165) is 11.1 Å². The molecule has 0 radical (unpaired) electrons. The standard InChI is InChI=1S/C28H25BrN2O5S/c1-3-31-26(32)24(37-28(31)30-21-12-8-11-20(16-21)27(33)34)15-19-13-22(29)25(23(14-19)35-4-2)36-17-18-9-6-5-7-10-18/h5-16H,3-4,17H2,1-2H3,(H,33,34). The molecule has 3 aromatic rings. The molecule has 4 rings (SSSR count). The van der Waals surface area contributed by atoms with Gasteiger partial charge in [0.2, 0.25) is 0 Å². The first-order valence-electron chi connectivity index (χ1n) is 11.7. The Balaban J connectivity index is 1.62. The van der Waals surface area contributed by atoms with E-state index in [1.807, 2.05) is 56.3 Å². The summed E-state index contributed by atoms with van der Waals surface area (Å²) < 4.78 is 12.6. The highest BCUT2D eigenvalue weighted by atomic mass is 79.9. The first-order valence-corrected chi connectivity index (χ1v) is 13.3. The smallest absolute Gasteiger partial charge is 0.335 e. The lowest BCUT2D eigenvalue weighted by molar-refractivity contribution is -0.122. The first kappa shape index (κ1) is 26.5. The third kappa shape index (κ3) is 6.42. The van der Waals surface area contributed by atoms with Crippen LogP contribution in [0.1, 0.15) is 35.3 Å². The fourth-order valence-corrected chi connectivity index (χ4v) is 5.28. The number of nitrogens with zero attached hydrogens (tertiary/aromatic N) is 2. The van der Waals surface area contributed by atoms with E-state index in [9.17, 15) is 14.7 Å². The van der Waals surface area contributed by atoms with E-state index < -0.39 is 5.97 Å². The van der Waals surface area contributed by atoms with Crippen LogP contribution in [0.15, 0.2) is 81.1 Å². The van der Waals surface area contributed by atoms with Crippen molar-refractivity contribution in [3.63, 3.8) is 0 Å². The number of benzene rings is 3. The molecule has 0 atom stereocenters. The van der Waals surface area contributed by atoms with Crippen LogP contribution in [-0.4, -0.2) is 40.2 Å². The van der Waals surface area contributed by atoms with Gasteiger partial charge in [0.05, 0.1) is 27.2 Å². The summed E-state index contributed by atoms with van der Waals surface area (Å²) in [6, 6.07) is 19.9. The van der Waals surface area contributed by atoms with E-state index in [0.29, 0.717) is 51.5 Å². The number of likely N-dealkylation sites (N-methyl/N-ethyl adjacent to an activating group) is 1. The van der Waals surface area contributed by atoms with E-state index in [1.165, 1.54) is 23.9 Å². The van der Waals surface area contributed by atoms with Gasteiger partial charge in [-0.15, -0.1) is 0 Å². The van der Waals surface area contributed by atoms with Crippen molar-refractivity contribution >= 4 is 56.5 Å². The summed E-state index contributed by atoms with van der Waals surface area (Å²) in [5, 5.41) is 9.75. The summed E-state index contributed by atoms with van der Waals surface area (Å²) in [6.07, 6.45) is 1.79. The maximum Gasteiger partial charge on any atom is 0.335 e. The molecule has 0 saturated carbocycles. The van der Waals surface area contributed by atoms with Gasteiger partial charge < -0.3 is 14.6 Å². The zero-order valence-electron chi connectivity index (χ0n) is 20.3. The van der Waals surface area contributed by atoms with Crippen LogP contribution in [0.3, 0.4) is 0 Å². The van der Waals surface area contributed by atoms with Gasteiger partial charge in [-0.25, -0.2) is 9.79 Å². The van der Waals surface area contributed by atoms with Crippen LogP contribution in [0, 0.1) is 0 Å². The summed E-state index contributed by atoms with van der Waals surface area (Å²) in [7, 11) is 0. The molecule has 1 N–H and O–H groups in total. The van der Waals surface area contributed by atoms with E-state index in [-0.39, 0.29) is 11.5 Å². The number of hydrogen-bond donors (Lipinski definition) is 1. The largest absolute Gasteiger partial charge is 0.490 e. The Morgan fingerprint density at radius 1 is 1.08 bits per heavy atom. The highest BCUT2D eigenvalue weighted by Crippen LogP contribution is 2.40. The van der Waals surface area contributed by atoms with Gasteiger partial charge in [-0.05, 0) is 89.1 Å². The number of amides is 1. The second kappa shape index (κ2) is 12.1. The number of aromatic carboxylic acids is 1. The summed E-state index contributed by atoms with van der Waals surface area (Å²) in [6.45, 7) is 5.05. The molecule has 1 saturated heterocycles. The summed E-state index contributed by atoms with van der Waals surface area (Å²) >= 11 is 4.84. The minimum Gasteiger partial charge on any atom is -0.490 e. The quantitative estimate of drug-likeness (QED) is 0.282. The van der Waals surface area contributed by atoms with Crippen LogP contribution in [0.2, 0.25) is 0 Å². The Labute approximate surface area is 227 Å². The van der Waals surface area contributed by atoms with Crippen molar-refractivity contribution in [2.45, 2.75) is 20.5 Å². The lowest BCUT2D eigenvalue weighted by atomic mass is 10.1. The highest BCUT2D eigenvalue weighted by Gasteiger charge is 2.32. The molecule has 37 heavy (non-hydrogen) atoms. The third-order valence-electron chi connectivity index (χ3n) is 5.38. The number of hydrogen-bond acceptors (Lipinski definition) is 6. The zero-order chi connectivity index (χ0) is 26.4. The molecule has 190 valence electrons. The number of thioether (sulfide) groups is 1. The molecule has 1 aliphatic rings. The van der Waals surface area contributed by atoms with E-state index in [4.69, 9.17) is 9.47 Å². The van der Waals surface area contributed by atoms with Crippen molar-refractivity contribution in [2.24, 2.45) is 4.99 Å². The Bertz CT molecular complexity index is 1370. The van der Waals surface area contributed by atoms with Gasteiger partial charge >= 0.3 is 5.97 Å². The number of carbonyl (C=O) groups excluding carboxylic acids is 1. The highest BCUT2D eigenvalue weighted by molar-refractivity contribution is 9.10. The Morgan fingerprint density at radius 2 is 1.86 bits per heavy atom. The molecule has 1 heterocycles. The fraction of sp³-hybridized carbons (Fsp3) is 0.179. The lowest BCUT2D eigenvalue weighted by Crippen LogP contribution is -2.28. The maximum absolute atomic E-state index is 13.1. The van der Waals surface area contributed by atoms with Crippen molar-refractivity contribution in [3.05, 3.63) is 92.8 Å². The normalized spacial score (nSPS) is 15.4. The van der Waals surface area contributed by atoms with Crippen LogP contribution in [0.25, 0.3) is 6.08 Å². The molecule has 7 nitrogen and oxygen atoms in total. The van der Waals surface area contributed by atoms with Gasteiger partial charge in [-0.2, -0.15) is 0 Å². The summed E-state index contributed by atoms with van der Waals surface area (Å²) in [5.41, 5.74) is 2.41. The Morgan fingerprint density at radius 3 is 2.57 bits per heavy atom. The number of rotatable bonds is 9. The SMILES string of the molecule is CCOc1cc(C=C2SC(=Nc3cccc(C(=O)O)c3)N(CC)C2=O)cc(Br)c1OCc1ccccc1. The molecule has 0 unspecified atom stereocenters. The summed E-state index contributed by atoms with van der Waals surface area (Å²) in [4.78, 5) is 31.1. The van der Waals surface area contributed by atoms with E-state index >= 15 is 0 Å². The minimum atomic E-state index is -1.03. The van der Waals surface area contributed by atoms with Gasteiger partial charge in [0.1, 0.15) is 6.61 Å². The number of ether oxygens (including phenoxy) is 2. The first-order chi connectivity index (χ1) is 17.9. The predicted molar refractivity (Wildman–Crippen MR) is 150 cm³/mol. The molecular weight excluding hydrogens is 556 g/mol. The van der Waals surface area contributed by atoms with Crippen LogP contribution in [-0.2, 0) is 11.4 Å². The third-order valence-corrected chi connectivity index (χ3v) is 6.97. The van der Waals surface area contributed by atoms with Gasteiger partial charge in [0.15, 0.2) is 16.7 Å². The Hall–Kier alpha value is -3.56. The van der Waals surface area contributed by atoms with Crippen LogP contribution in [0.4, 0.5) is 5.69 Å². The molecule has 1 aliphatic heterocycles. The number of carbonyl (C=O) groups is 2. The zero-order valence-corrected chi connectivity index (χ0v) is 22.7.